The molecule has 90 valence electrons. The molecule has 1 saturated heterocycles. The molecule has 1 unspecified atom stereocenters. The molecule has 0 amide bonds. The molecule has 1 N–H and O–H groups in total. The third-order valence-electron chi connectivity index (χ3n) is 3.56. The number of hydrogen-bond donors (Lipinski definition) is 1. The molecule has 1 aromatic rings. The van der Waals surface area contributed by atoms with Gasteiger partial charge in [0.05, 0.1) is 0 Å². The van der Waals surface area contributed by atoms with E-state index in [1.165, 1.54) is 31.6 Å². The summed E-state index contributed by atoms with van der Waals surface area (Å²) in [6.07, 6.45) is 4.85. The minimum Gasteiger partial charge on any atom is -0.353 e. The van der Waals surface area contributed by atoms with Gasteiger partial charge in [-0.15, -0.1) is 0 Å². The maximum atomic E-state index is 3.54. The highest BCUT2D eigenvalue weighted by Gasteiger charge is 2.17. The van der Waals surface area contributed by atoms with E-state index in [2.05, 4.69) is 47.1 Å². The van der Waals surface area contributed by atoms with Crippen LogP contribution in [-0.4, -0.2) is 35.1 Å². The average Bonchev–Trinajstić information content (AvgIpc) is 2.90. The third-order valence-corrected chi connectivity index (χ3v) is 3.56. The molecule has 0 spiro atoms. The van der Waals surface area contributed by atoms with Gasteiger partial charge < -0.3 is 9.88 Å². The first-order valence-electron chi connectivity index (χ1n) is 6.32. The van der Waals surface area contributed by atoms with Crippen LogP contribution < -0.4 is 5.32 Å². The Morgan fingerprint density at radius 2 is 2.12 bits per heavy atom. The van der Waals surface area contributed by atoms with Crippen LogP contribution in [-0.2, 0) is 13.6 Å². The largest absolute Gasteiger partial charge is 0.353 e. The highest BCUT2D eigenvalue weighted by molar-refractivity contribution is 5.05. The molecule has 16 heavy (non-hydrogen) atoms. The number of rotatable bonds is 5. The van der Waals surface area contributed by atoms with Crippen molar-refractivity contribution in [1.82, 2.24) is 14.8 Å². The fourth-order valence-electron chi connectivity index (χ4n) is 2.40. The zero-order valence-electron chi connectivity index (χ0n) is 10.4. The highest BCUT2D eigenvalue weighted by atomic mass is 15.2. The molecule has 1 fully saturated rings. The van der Waals surface area contributed by atoms with E-state index in [1.807, 2.05) is 0 Å². The van der Waals surface area contributed by atoms with E-state index < -0.39 is 0 Å². The summed E-state index contributed by atoms with van der Waals surface area (Å²) >= 11 is 0. The summed E-state index contributed by atoms with van der Waals surface area (Å²) in [4.78, 5) is 2.58. The monoisotopic (exact) mass is 221 g/mol. The third kappa shape index (κ3) is 2.86. The SMILES string of the molecule is CC(CNCc1cccn1C)N1CCCC1. The van der Waals surface area contributed by atoms with E-state index in [4.69, 9.17) is 0 Å². The molecule has 0 radical (unpaired) electrons. The second-order valence-corrected chi connectivity index (χ2v) is 4.83. The van der Waals surface area contributed by atoms with Crippen molar-refractivity contribution in [2.75, 3.05) is 19.6 Å². The summed E-state index contributed by atoms with van der Waals surface area (Å²) in [5, 5.41) is 3.54. The molecule has 2 rings (SSSR count). The van der Waals surface area contributed by atoms with E-state index in [1.54, 1.807) is 0 Å². The minimum atomic E-state index is 0.669. The molecule has 3 heteroatoms. The highest BCUT2D eigenvalue weighted by Crippen LogP contribution is 2.10. The van der Waals surface area contributed by atoms with Crippen LogP contribution in [0.5, 0.6) is 0 Å². The lowest BCUT2D eigenvalue weighted by Crippen LogP contribution is -2.38. The number of nitrogens with one attached hydrogen (secondary N) is 1. The van der Waals surface area contributed by atoms with E-state index in [0.29, 0.717) is 6.04 Å². The van der Waals surface area contributed by atoms with Gasteiger partial charge in [-0.1, -0.05) is 0 Å². The molecule has 3 nitrogen and oxygen atoms in total. The van der Waals surface area contributed by atoms with Gasteiger partial charge in [0.2, 0.25) is 0 Å². The van der Waals surface area contributed by atoms with E-state index >= 15 is 0 Å². The van der Waals surface area contributed by atoms with Crippen molar-refractivity contribution in [2.45, 2.75) is 32.4 Å². The van der Waals surface area contributed by atoms with Crippen LogP contribution in [0.2, 0.25) is 0 Å². The number of aryl methyl sites for hydroxylation is 1. The van der Waals surface area contributed by atoms with Gasteiger partial charge >= 0.3 is 0 Å². The van der Waals surface area contributed by atoms with Gasteiger partial charge in [-0.3, -0.25) is 4.90 Å². The molecule has 2 heterocycles. The van der Waals surface area contributed by atoms with Gasteiger partial charge in [-0.2, -0.15) is 0 Å². The molecular weight excluding hydrogens is 198 g/mol. The maximum absolute atomic E-state index is 3.54. The lowest BCUT2D eigenvalue weighted by Gasteiger charge is -2.24. The smallest absolute Gasteiger partial charge is 0.0359 e. The van der Waals surface area contributed by atoms with Gasteiger partial charge in [-0.05, 0) is 45.0 Å². The summed E-state index contributed by atoms with van der Waals surface area (Å²) in [5.74, 6) is 0. The van der Waals surface area contributed by atoms with Crippen LogP contribution in [0, 0.1) is 0 Å². The maximum Gasteiger partial charge on any atom is 0.0359 e. The fourth-order valence-corrected chi connectivity index (χ4v) is 2.40. The van der Waals surface area contributed by atoms with Crippen LogP contribution in [0.25, 0.3) is 0 Å². The minimum absolute atomic E-state index is 0.669. The standard InChI is InChI=1S/C13H23N3/c1-12(16-8-3-4-9-16)10-14-11-13-6-5-7-15(13)2/h5-7,12,14H,3-4,8-11H2,1-2H3. The Morgan fingerprint density at radius 3 is 2.75 bits per heavy atom. The quantitative estimate of drug-likeness (QED) is 0.815. The van der Waals surface area contributed by atoms with E-state index in [0.717, 1.165) is 13.1 Å². The van der Waals surface area contributed by atoms with E-state index in [9.17, 15) is 0 Å². The van der Waals surface area contributed by atoms with Crippen molar-refractivity contribution < 1.29 is 0 Å². The molecule has 0 saturated carbocycles. The van der Waals surface area contributed by atoms with E-state index in [-0.39, 0.29) is 0 Å². The van der Waals surface area contributed by atoms with Crippen molar-refractivity contribution in [3.8, 4) is 0 Å². The molecule has 1 aliphatic heterocycles. The van der Waals surface area contributed by atoms with Crippen molar-refractivity contribution in [3.05, 3.63) is 24.0 Å². The summed E-state index contributed by atoms with van der Waals surface area (Å²) < 4.78 is 2.17. The van der Waals surface area contributed by atoms with Gasteiger partial charge in [0.25, 0.3) is 0 Å². The summed E-state index contributed by atoms with van der Waals surface area (Å²) in [7, 11) is 2.10. The molecule has 0 aliphatic carbocycles. The number of hydrogen-bond acceptors (Lipinski definition) is 2. The van der Waals surface area contributed by atoms with Crippen LogP contribution in [0.4, 0.5) is 0 Å². The van der Waals surface area contributed by atoms with Crippen molar-refractivity contribution in [3.63, 3.8) is 0 Å². The Kier molecular flexibility index (Phi) is 4.02. The summed E-state index contributed by atoms with van der Waals surface area (Å²) in [6, 6.07) is 4.94. The molecule has 1 atom stereocenters. The van der Waals surface area contributed by atoms with Gasteiger partial charge in [0.15, 0.2) is 0 Å². The topological polar surface area (TPSA) is 20.2 Å². The first-order chi connectivity index (χ1) is 7.77. The van der Waals surface area contributed by atoms with Crippen LogP contribution in [0.15, 0.2) is 18.3 Å². The Labute approximate surface area is 98.4 Å². The number of nitrogens with zero attached hydrogens (tertiary/aromatic N) is 2. The second kappa shape index (κ2) is 5.51. The first-order valence-corrected chi connectivity index (χ1v) is 6.32. The van der Waals surface area contributed by atoms with Crippen molar-refractivity contribution in [2.24, 2.45) is 7.05 Å². The second-order valence-electron chi connectivity index (χ2n) is 4.83. The van der Waals surface area contributed by atoms with Crippen LogP contribution in [0.3, 0.4) is 0 Å². The Balaban J connectivity index is 1.69. The molecule has 0 aromatic carbocycles. The zero-order chi connectivity index (χ0) is 11.4. The van der Waals surface area contributed by atoms with Crippen LogP contribution in [0.1, 0.15) is 25.5 Å². The summed E-state index contributed by atoms with van der Waals surface area (Å²) in [6.45, 7) is 6.95. The van der Waals surface area contributed by atoms with Crippen LogP contribution >= 0.6 is 0 Å². The lowest BCUT2D eigenvalue weighted by atomic mass is 10.3. The fraction of sp³-hybridized carbons (Fsp3) is 0.692. The molecular formula is C13H23N3. The molecule has 1 aliphatic rings. The lowest BCUT2D eigenvalue weighted by molar-refractivity contribution is 0.251. The van der Waals surface area contributed by atoms with Gasteiger partial charge in [0.1, 0.15) is 0 Å². The Bertz CT molecular complexity index is 313. The molecule has 1 aromatic heterocycles. The normalized spacial score (nSPS) is 19.1. The Hall–Kier alpha value is -0.800. The number of likely N-dealkylation sites (tertiary alicyclic amines) is 1. The van der Waals surface area contributed by atoms with Crippen molar-refractivity contribution >= 4 is 0 Å². The van der Waals surface area contributed by atoms with Gasteiger partial charge in [-0.25, -0.2) is 0 Å². The first kappa shape index (κ1) is 11.7. The summed E-state index contributed by atoms with van der Waals surface area (Å²) in [5.41, 5.74) is 1.36. The zero-order valence-corrected chi connectivity index (χ0v) is 10.4. The Morgan fingerprint density at radius 1 is 1.38 bits per heavy atom. The average molecular weight is 221 g/mol. The predicted molar refractivity (Wildman–Crippen MR) is 67.4 cm³/mol. The predicted octanol–water partition coefficient (Wildman–Crippen LogP) is 1.60. The molecule has 0 bridgehead atoms. The van der Waals surface area contributed by atoms with Crippen molar-refractivity contribution in [1.29, 1.82) is 0 Å². The number of aromatic nitrogens is 1. The van der Waals surface area contributed by atoms with Gasteiger partial charge in [0, 0.05) is 38.1 Å².